The highest BCUT2D eigenvalue weighted by atomic mass is 19.2. The van der Waals surface area contributed by atoms with E-state index in [4.69, 9.17) is 4.74 Å². The Bertz CT molecular complexity index is 1470. The first-order valence-corrected chi connectivity index (χ1v) is 13.5. The summed E-state index contributed by atoms with van der Waals surface area (Å²) in [6, 6.07) is 5.82. The molecule has 3 aromatic rings. The average molecular weight is 583 g/mol. The summed E-state index contributed by atoms with van der Waals surface area (Å²) in [6.45, 7) is 8.37. The second kappa shape index (κ2) is 12.7. The van der Waals surface area contributed by atoms with E-state index in [-0.39, 0.29) is 35.5 Å². The molecule has 0 aliphatic carbocycles. The fourth-order valence-electron chi connectivity index (χ4n) is 4.71. The number of aliphatic hydroxyl groups is 1. The Kier molecular flexibility index (Phi) is 9.22. The fourth-order valence-corrected chi connectivity index (χ4v) is 4.71. The summed E-state index contributed by atoms with van der Waals surface area (Å²) in [5, 5.41) is 19.6. The number of carbonyl (C=O) groups is 1. The van der Waals surface area contributed by atoms with E-state index in [2.05, 4.69) is 47.3 Å². The van der Waals surface area contributed by atoms with Crippen LogP contribution in [0.15, 0.2) is 43.2 Å². The van der Waals surface area contributed by atoms with E-state index < -0.39 is 17.2 Å². The molecule has 0 spiro atoms. The Morgan fingerprint density at radius 3 is 2.43 bits per heavy atom. The van der Waals surface area contributed by atoms with Gasteiger partial charge in [0.15, 0.2) is 11.6 Å². The smallest absolute Gasteiger partial charge is 0.247 e. The Hall–Kier alpha value is -4.36. The molecule has 1 fully saturated rings. The third-order valence-corrected chi connectivity index (χ3v) is 7.39. The monoisotopic (exact) mass is 582 g/mol. The summed E-state index contributed by atoms with van der Waals surface area (Å²) in [5.41, 5.74) is 0.623. The van der Waals surface area contributed by atoms with Gasteiger partial charge < -0.3 is 35.6 Å². The van der Waals surface area contributed by atoms with Gasteiger partial charge in [0.05, 0.1) is 35.5 Å². The maximum absolute atomic E-state index is 14.1. The summed E-state index contributed by atoms with van der Waals surface area (Å²) < 4.78 is 33.9. The maximum atomic E-state index is 14.1. The van der Waals surface area contributed by atoms with Gasteiger partial charge in [-0.05, 0) is 52.1 Å². The van der Waals surface area contributed by atoms with Crippen molar-refractivity contribution >= 4 is 40.6 Å². The first-order valence-electron chi connectivity index (χ1n) is 13.5. The number of methoxy groups -OCH3 is 1. The van der Waals surface area contributed by atoms with E-state index in [9.17, 15) is 18.7 Å². The molecule has 2 aromatic carbocycles. The number of aromatic nitrogens is 3. The van der Waals surface area contributed by atoms with E-state index in [1.165, 1.54) is 26.4 Å². The number of carbonyl (C=O) groups excluding carboxylic acids is 1. The van der Waals surface area contributed by atoms with Crippen LogP contribution in [0.4, 0.5) is 43.4 Å². The van der Waals surface area contributed by atoms with Gasteiger partial charge in [-0.1, -0.05) is 13.5 Å². The van der Waals surface area contributed by atoms with Crippen molar-refractivity contribution in [3.63, 3.8) is 0 Å². The van der Waals surface area contributed by atoms with Crippen molar-refractivity contribution < 1.29 is 23.4 Å². The van der Waals surface area contributed by atoms with E-state index in [0.29, 0.717) is 23.2 Å². The molecule has 0 saturated carbocycles. The van der Waals surface area contributed by atoms with Crippen molar-refractivity contribution in [1.82, 2.24) is 19.9 Å². The highest BCUT2D eigenvalue weighted by Crippen LogP contribution is 2.40. The zero-order valence-electron chi connectivity index (χ0n) is 24.3. The van der Waals surface area contributed by atoms with Crippen molar-refractivity contribution in [3.8, 4) is 5.75 Å². The summed E-state index contributed by atoms with van der Waals surface area (Å²) in [4.78, 5) is 29.3. The van der Waals surface area contributed by atoms with Crippen LogP contribution >= 0.6 is 0 Å². The molecule has 1 aliphatic rings. The molecule has 224 valence electrons. The molecule has 4 rings (SSSR count). The standard InChI is InChI=1S/C29H36F2N8O3/c1-7-26(40)34-22-13-23(25(42-6)14-24(22)39-10-9-17(15-39)38(4)5)36-28-33-16-32-27(37-28)35-21-12-20(31)19(30)11-18(21)29(3,41)8-2/h7,11-14,16-17,41H,1,8-10,15H2,2-6H3,(H,34,40)(H2,32,33,35,36,37). The Balaban J connectivity index is 1.67. The zero-order chi connectivity index (χ0) is 30.6. The van der Waals surface area contributed by atoms with Gasteiger partial charge in [-0.3, -0.25) is 4.79 Å². The molecule has 0 radical (unpaired) electrons. The van der Waals surface area contributed by atoms with Crippen LogP contribution < -0.4 is 25.6 Å². The normalized spacial score (nSPS) is 16.2. The first kappa shape index (κ1) is 30.6. The van der Waals surface area contributed by atoms with Gasteiger partial charge in [0.2, 0.25) is 17.8 Å². The first-order chi connectivity index (χ1) is 19.9. The van der Waals surface area contributed by atoms with Gasteiger partial charge in [-0.2, -0.15) is 4.98 Å². The number of benzene rings is 2. The number of hydrogen-bond acceptors (Lipinski definition) is 10. The second-order valence-corrected chi connectivity index (χ2v) is 10.4. The quantitative estimate of drug-likeness (QED) is 0.240. The molecular weight excluding hydrogens is 546 g/mol. The minimum atomic E-state index is -1.44. The number of anilines is 6. The van der Waals surface area contributed by atoms with Gasteiger partial charge in [0, 0.05) is 36.8 Å². The summed E-state index contributed by atoms with van der Waals surface area (Å²) >= 11 is 0. The molecule has 1 aliphatic heterocycles. The minimum absolute atomic E-state index is 0.0224. The summed E-state index contributed by atoms with van der Waals surface area (Å²) in [5.74, 6) is -1.92. The molecule has 4 N–H and O–H groups in total. The summed E-state index contributed by atoms with van der Waals surface area (Å²) in [6.07, 6.45) is 3.66. The number of hydrogen-bond donors (Lipinski definition) is 4. The number of rotatable bonds is 11. The molecule has 0 bridgehead atoms. The molecule has 11 nitrogen and oxygen atoms in total. The Labute approximate surface area is 243 Å². The van der Waals surface area contributed by atoms with Crippen LogP contribution in [0.3, 0.4) is 0 Å². The topological polar surface area (TPSA) is 128 Å². The van der Waals surface area contributed by atoms with Gasteiger partial charge >= 0.3 is 0 Å². The van der Waals surface area contributed by atoms with Crippen LogP contribution in [-0.4, -0.2) is 71.2 Å². The lowest BCUT2D eigenvalue weighted by molar-refractivity contribution is -0.111. The van der Waals surface area contributed by atoms with E-state index in [0.717, 1.165) is 37.3 Å². The molecule has 1 saturated heterocycles. The van der Waals surface area contributed by atoms with Gasteiger partial charge in [-0.25, -0.2) is 18.7 Å². The SMILES string of the molecule is C=CC(=O)Nc1cc(Nc2ncnc(Nc3cc(F)c(F)cc3C(C)(O)CC)n2)c(OC)cc1N1CCC(N(C)C)C1. The van der Waals surface area contributed by atoms with Gasteiger partial charge in [-0.15, -0.1) is 0 Å². The molecule has 1 amide bonds. The van der Waals surface area contributed by atoms with E-state index >= 15 is 0 Å². The van der Waals surface area contributed by atoms with Crippen molar-refractivity contribution in [2.24, 2.45) is 0 Å². The highest BCUT2D eigenvalue weighted by Gasteiger charge is 2.28. The second-order valence-electron chi connectivity index (χ2n) is 10.4. The number of likely N-dealkylation sites (N-methyl/N-ethyl adjacent to an activating group) is 1. The van der Waals surface area contributed by atoms with Crippen LogP contribution in [-0.2, 0) is 10.4 Å². The molecule has 2 unspecified atom stereocenters. The van der Waals surface area contributed by atoms with Crippen molar-refractivity contribution in [3.05, 3.63) is 60.4 Å². The third-order valence-electron chi connectivity index (χ3n) is 7.39. The number of amides is 1. The van der Waals surface area contributed by atoms with Gasteiger partial charge in [0.1, 0.15) is 12.1 Å². The molecule has 13 heteroatoms. The van der Waals surface area contributed by atoms with Crippen molar-refractivity contribution in [1.29, 1.82) is 0 Å². The third kappa shape index (κ3) is 6.74. The van der Waals surface area contributed by atoms with E-state index in [1.54, 1.807) is 13.0 Å². The maximum Gasteiger partial charge on any atom is 0.247 e. The van der Waals surface area contributed by atoms with Crippen LogP contribution in [0.25, 0.3) is 0 Å². The molecule has 2 heterocycles. The van der Waals surface area contributed by atoms with E-state index in [1.807, 2.05) is 20.2 Å². The average Bonchev–Trinajstić information content (AvgIpc) is 3.46. The van der Waals surface area contributed by atoms with Crippen LogP contribution in [0.1, 0.15) is 32.3 Å². The Morgan fingerprint density at radius 2 is 1.83 bits per heavy atom. The lowest BCUT2D eigenvalue weighted by atomic mass is 9.91. The Morgan fingerprint density at radius 1 is 1.17 bits per heavy atom. The molecule has 2 atom stereocenters. The number of halogens is 2. The van der Waals surface area contributed by atoms with Crippen LogP contribution in [0, 0.1) is 11.6 Å². The van der Waals surface area contributed by atoms with Crippen molar-refractivity contribution in [2.75, 3.05) is 55.1 Å². The predicted molar refractivity (Wildman–Crippen MR) is 159 cm³/mol. The minimum Gasteiger partial charge on any atom is -0.494 e. The highest BCUT2D eigenvalue weighted by molar-refractivity contribution is 6.02. The van der Waals surface area contributed by atoms with Crippen molar-refractivity contribution in [2.45, 2.75) is 38.3 Å². The molecule has 1 aromatic heterocycles. The largest absolute Gasteiger partial charge is 0.494 e. The van der Waals surface area contributed by atoms with Crippen LogP contribution in [0.2, 0.25) is 0 Å². The zero-order valence-corrected chi connectivity index (χ0v) is 24.3. The lowest BCUT2D eigenvalue weighted by Crippen LogP contribution is -2.31. The molecular formula is C29H36F2N8O3. The van der Waals surface area contributed by atoms with Gasteiger partial charge in [0.25, 0.3) is 0 Å². The molecule has 42 heavy (non-hydrogen) atoms. The lowest BCUT2D eigenvalue weighted by Gasteiger charge is -2.26. The predicted octanol–water partition coefficient (Wildman–Crippen LogP) is 4.53. The number of nitrogens with zero attached hydrogens (tertiary/aromatic N) is 5. The number of nitrogens with one attached hydrogen (secondary N) is 3. The fraction of sp³-hybridized carbons (Fsp3) is 0.379. The van der Waals surface area contributed by atoms with Crippen LogP contribution in [0.5, 0.6) is 5.75 Å². The number of ether oxygens (including phenoxy) is 1. The summed E-state index contributed by atoms with van der Waals surface area (Å²) in [7, 11) is 5.61.